The number of benzene rings is 2. The molecule has 0 radical (unpaired) electrons. The van der Waals surface area contributed by atoms with Crippen molar-refractivity contribution in [3.63, 3.8) is 0 Å². The number of likely N-dealkylation sites (N-methyl/N-ethyl adjacent to an activating group) is 1. The van der Waals surface area contributed by atoms with Crippen molar-refractivity contribution in [3.05, 3.63) is 82.3 Å². The Morgan fingerprint density at radius 1 is 0.939 bits per heavy atom. The van der Waals surface area contributed by atoms with Crippen LogP contribution >= 0.6 is 11.3 Å². The average molecular weight is 934 g/mol. The Bertz CT molecular complexity index is 2050. The van der Waals surface area contributed by atoms with Crippen LogP contribution in [0.3, 0.4) is 0 Å². The van der Waals surface area contributed by atoms with Gasteiger partial charge in [-0.05, 0) is 68.2 Å². The molecule has 1 aliphatic heterocycles. The number of methoxy groups -OCH3 is 2. The maximum Gasteiger partial charge on any atom is 0.408 e. The Hall–Kier alpha value is -5.39. The first-order valence-corrected chi connectivity index (χ1v) is 23.7. The maximum absolute atomic E-state index is 14.5. The second kappa shape index (κ2) is 24.9. The van der Waals surface area contributed by atoms with Crippen LogP contribution < -0.4 is 21.3 Å². The molecule has 362 valence electrons. The summed E-state index contributed by atoms with van der Waals surface area (Å²) in [4.78, 5) is 88.7. The molecule has 17 heteroatoms. The van der Waals surface area contributed by atoms with E-state index in [0.29, 0.717) is 37.1 Å². The number of nitrogens with zero attached hydrogens (tertiary/aromatic N) is 3. The van der Waals surface area contributed by atoms with Crippen LogP contribution in [-0.2, 0) is 51.2 Å². The van der Waals surface area contributed by atoms with Crippen LogP contribution in [0.5, 0.6) is 0 Å². The Labute approximate surface area is 394 Å². The predicted molar refractivity (Wildman–Crippen MR) is 254 cm³/mol. The maximum atomic E-state index is 14.5. The van der Waals surface area contributed by atoms with Crippen molar-refractivity contribution in [1.29, 1.82) is 0 Å². The number of alkyl carbamates (subject to hydrolysis) is 1. The predicted octanol–water partition coefficient (Wildman–Crippen LogP) is 6.27. The molecule has 8 atom stereocenters. The van der Waals surface area contributed by atoms with Crippen molar-refractivity contribution in [3.8, 4) is 0 Å². The Balaban J connectivity index is 1.42. The molecule has 0 aliphatic carbocycles. The Morgan fingerprint density at radius 3 is 2.20 bits per heavy atom. The zero-order chi connectivity index (χ0) is 48.7. The molecule has 0 saturated carbocycles. The third-order valence-electron chi connectivity index (χ3n) is 12.5. The number of likely N-dealkylation sites (tertiary alicyclic amines) is 1. The minimum absolute atomic E-state index is 0.0307. The van der Waals surface area contributed by atoms with E-state index in [1.807, 2.05) is 70.3 Å². The first kappa shape index (κ1) is 53.2. The number of amides is 6. The summed E-state index contributed by atoms with van der Waals surface area (Å²) in [6.45, 7) is 14.3. The number of carbonyl (C=O) groups excluding carboxylic acids is 6. The van der Waals surface area contributed by atoms with Crippen molar-refractivity contribution >= 4 is 52.7 Å². The summed E-state index contributed by atoms with van der Waals surface area (Å²) in [5, 5.41) is 14.1. The number of ether oxygens (including phenoxy) is 3. The fraction of sp³-hybridized carbons (Fsp3) is 0.571. The van der Waals surface area contributed by atoms with E-state index in [4.69, 9.17) is 14.2 Å². The van der Waals surface area contributed by atoms with E-state index in [1.165, 1.54) is 39.2 Å². The molecule has 1 aliphatic rings. The standard InChI is InChI=1S/C49H71N7O9S/c1-12-31(4)42(55(9)46(60)41(30(2)3)53-47(61)49(7,8)54-48(62)65-29-35-20-22-36(23-21-35)51-33(6)57)39(63-10)28-40(58)56-25-16-19-38(56)43(64-11)32(5)44(59)52-37(45-50-24-26-66-45)27-34-17-14-13-15-18-34/h13-15,17-18,20-24,26,30-32,37-39,41-43H,12,16,19,25,27-29H2,1-11H3,(H,51,57)(H,52,59)(H,53,61)(H,54,62)/t31-,32+,37-,38-,39+,41-,42-,43+/m0/s1. The summed E-state index contributed by atoms with van der Waals surface area (Å²) < 4.78 is 17.5. The van der Waals surface area contributed by atoms with Gasteiger partial charge in [-0.1, -0.05) is 83.5 Å². The lowest BCUT2D eigenvalue weighted by molar-refractivity contribution is -0.148. The number of carbonyl (C=O) groups is 6. The smallest absolute Gasteiger partial charge is 0.408 e. The number of aromatic nitrogens is 1. The van der Waals surface area contributed by atoms with E-state index in [-0.39, 0.29) is 60.6 Å². The second-order valence-corrected chi connectivity index (χ2v) is 19.0. The average Bonchev–Trinajstić information content (AvgIpc) is 4.01. The molecule has 66 heavy (non-hydrogen) atoms. The molecule has 1 saturated heterocycles. The molecule has 1 aromatic heterocycles. The highest BCUT2D eigenvalue weighted by Gasteiger charge is 2.44. The van der Waals surface area contributed by atoms with Gasteiger partial charge in [0.1, 0.15) is 23.2 Å². The molecule has 0 unspecified atom stereocenters. The molecular weight excluding hydrogens is 863 g/mol. The lowest BCUT2D eigenvalue weighted by Crippen LogP contribution is -2.62. The minimum Gasteiger partial charge on any atom is -0.445 e. The van der Waals surface area contributed by atoms with Crippen molar-refractivity contribution in [2.24, 2.45) is 17.8 Å². The van der Waals surface area contributed by atoms with E-state index in [9.17, 15) is 28.8 Å². The largest absolute Gasteiger partial charge is 0.445 e. The number of nitrogens with one attached hydrogen (secondary N) is 4. The quantitative estimate of drug-likeness (QED) is 0.0842. The van der Waals surface area contributed by atoms with Gasteiger partial charge in [0, 0.05) is 52.0 Å². The van der Waals surface area contributed by atoms with Crippen LogP contribution in [0.25, 0.3) is 0 Å². The van der Waals surface area contributed by atoms with Crippen molar-refractivity contribution < 1.29 is 43.0 Å². The van der Waals surface area contributed by atoms with E-state index < -0.39 is 47.7 Å². The first-order chi connectivity index (χ1) is 31.3. The van der Waals surface area contributed by atoms with Crippen LogP contribution in [0, 0.1) is 17.8 Å². The summed E-state index contributed by atoms with van der Waals surface area (Å²) in [6.07, 6.45) is 2.20. The highest BCUT2D eigenvalue weighted by atomic mass is 32.1. The lowest BCUT2D eigenvalue weighted by atomic mass is 9.89. The normalized spacial score (nSPS) is 17.1. The highest BCUT2D eigenvalue weighted by Crippen LogP contribution is 2.31. The number of rotatable bonds is 23. The SMILES string of the molecule is CC[C@H](C)[C@@H]([C@@H](CC(=O)N1CCC[C@H]1[C@H](OC)[C@@H](C)C(=O)N[C@@H](Cc1ccccc1)c1nccs1)OC)N(C)C(=O)[C@@H](NC(=O)C(C)(C)NC(=O)OCc1ccc(NC(C)=O)cc1)C(C)C. The van der Waals surface area contributed by atoms with Crippen molar-refractivity contribution in [2.45, 2.75) is 136 Å². The zero-order valence-corrected chi connectivity index (χ0v) is 41.2. The lowest BCUT2D eigenvalue weighted by Gasteiger charge is -2.41. The van der Waals surface area contributed by atoms with E-state index in [1.54, 1.807) is 54.4 Å². The van der Waals surface area contributed by atoms with Gasteiger partial charge in [-0.3, -0.25) is 24.0 Å². The van der Waals surface area contributed by atoms with Crippen LogP contribution in [0.1, 0.15) is 103 Å². The third-order valence-corrected chi connectivity index (χ3v) is 13.3. The summed E-state index contributed by atoms with van der Waals surface area (Å²) in [5.74, 6) is -2.60. The Morgan fingerprint density at radius 2 is 1.62 bits per heavy atom. The van der Waals surface area contributed by atoms with Gasteiger partial charge in [0.25, 0.3) is 0 Å². The van der Waals surface area contributed by atoms with Crippen molar-refractivity contribution in [2.75, 3.05) is 33.1 Å². The molecule has 2 aromatic carbocycles. The van der Waals surface area contributed by atoms with Gasteiger partial charge in [0.2, 0.25) is 29.5 Å². The topological polar surface area (TPSA) is 198 Å². The van der Waals surface area contributed by atoms with Gasteiger partial charge in [0.15, 0.2) is 0 Å². The van der Waals surface area contributed by atoms with Crippen LogP contribution in [0.4, 0.5) is 10.5 Å². The molecule has 16 nitrogen and oxygen atoms in total. The monoisotopic (exact) mass is 934 g/mol. The van der Waals surface area contributed by atoms with Gasteiger partial charge in [-0.2, -0.15) is 0 Å². The number of thiazole rings is 1. The molecule has 2 heterocycles. The fourth-order valence-corrected chi connectivity index (χ4v) is 9.19. The first-order valence-electron chi connectivity index (χ1n) is 22.8. The van der Waals surface area contributed by atoms with Gasteiger partial charge in [-0.25, -0.2) is 9.78 Å². The number of hydrogen-bond acceptors (Lipinski definition) is 11. The van der Waals surface area contributed by atoms with Crippen molar-refractivity contribution in [1.82, 2.24) is 30.7 Å². The molecule has 0 bridgehead atoms. The number of hydrogen-bond donors (Lipinski definition) is 4. The highest BCUT2D eigenvalue weighted by molar-refractivity contribution is 7.09. The van der Waals surface area contributed by atoms with Gasteiger partial charge in [0.05, 0.1) is 42.7 Å². The fourth-order valence-electron chi connectivity index (χ4n) is 8.50. The minimum atomic E-state index is -1.47. The molecular formula is C49H71N7O9S. The van der Waals surface area contributed by atoms with E-state index in [2.05, 4.69) is 26.3 Å². The third kappa shape index (κ3) is 14.6. The van der Waals surface area contributed by atoms with Crippen LogP contribution in [0.15, 0.2) is 66.2 Å². The van der Waals surface area contributed by atoms with E-state index in [0.717, 1.165) is 17.0 Å². The summed E-state index contributed by atoms with van der Waals surface area (Å²) in [5.41, 5.74) is 0.880. The Kier molecular flexibility index (Phi) is 20.1. The van der Waals surface area contributed by atoms with Crippen LogP contribution in [0.2, 0.25) is 0 Å². The van der Waals surface area contributed by atoms with Gasteiger partial charge in [-0.15, -0.1) is 11.3 Å². The van der Waals surface area contributed by atoms with E-state index >= 15 is 0 Å². The molecule has 3 aromatic rings. The molecule has 1 fully saturated rings. The summed E-state index contributed by atoms with van der Waals surface area (Å²) >= 11 is 1.48. The van der Waals surface area contributed by atoms with Gasteiger partial charge < -0.3 is 45.3 Å². The molecule has 6 amide bonds. The molecule has 4 rings (SSSR count). The molecule has 0 spiro atoms. The zero-order valence-electron chi connectivity index (χ0n) is 40.4. The van der Waals surface area contributed by atoms with Gasteiger partial charge >= 0.3 is 6.09 Å². The van der Waals surface area contributed by atoms with Crippen LogP contribution in [-0.4, -0.2) is 114 Å². The summed E-state index contributed by atoms with van der Waals surface area (Å²) in [6, 6.07) is 14.5. The number of anilines is 1. The molecule has 4 N–H and O–H groups in total. The summed E-state index contributed by atoms with van der Waals surface area (Å²) in [7, 11) is 4.76. The second-order valence-electron chi connectivity index (χ2n) is 18.1.